The summed E-state index contributed by atoms with van der Waals surface area (Å²) in [5.74, 6) is 0.101. The van der Waals surface area contributed by atoms with Crippen molar-refractivity contribution in [1.29, 1.82) is 0 Å². The fraction of sp³-hybridized carbons (Fsp3) is 0.450. The Morgan fingerprint density at radius 1 is 1.12 bits per heavy atom. The maximum atomic E-state index is 12.6. The number of piperazine rings is 1. The van der Waals surface area contributed by atoms with Gasteiger partial charge in [-0.1, -0.05) is 42.8 Å². The first-order valence-corrected chi connectivity index (χ1v) is 9.87. The summed E-state index contributed by atoms with van der Waals surface area (Å²) in [5, 5.41) is 5.31. The predicted octanol–water partition coefficient (Wildman–Crippen LogP) is 2.90. The number of likely N-dealkylation sites (N-methyl/N-ethyl adjacent to an activating group) is 1. The number of nitrogens with zero attached hydrogens (tertiary/aromatic N) is 2. The summed E-state index contributed by atoms with van der Waals surface area (Å²) in [4.78, 5) is 18.5. The van der Waals surface area contributed by atoms with Crippen molar-refractivity contribution >= 4 is 17.2 Å². The van der Waals surface area contributed by atoms with Crippen molar-refractivity contribution in [2.24, 2.45) is 0 Å². The number of rotatable bonds is 6. The van der Waals surface area contributed by atoms with Gasteiger partial charge in [0.15, 0.2) is 0 Å². The summed E-state index contributed by atoms with van der Waals surface area (Å²) in [7, 11) is 0. The normalized spacial score (nSPS) is 17.4. The van der Waals surface area contributed by atoms with Crippen molar-refractivity contribution in [3.63, 3.8) is 0 Å². The van der Waals surface area contributed by atoms with E-state index in [4.69, 9.17) is 0 Å². The van der Waals surface area contributed by atoms with E-state index in [0.29, 0.717) is 6.54 Å². The summed E-state index contributed by atoms with van der Waals surface area (Å²) in [5.41, 5.74) is 2.37. The van der Waals surface area contributed by atoms with Crippen molar-refractivity contribution < 1.29 is 4.79 Å². The van der Waals surface area contributed by atoms with Crippen LogP contribution in [0.4, 0.5) is 0 Å². The zero-order valence-electron chi connectivity index (χ0n) is 15.1. The lowest BCUT2D eigenvalue weighted by atomic mass is 10.0. The number of nitrogens with one attached hydrogen (secondary N) is 1. The molecule has 1 aliphatic heterocycles. The largest absolute Gasteiger partial charge is 0.343 e. The highest BCUT2D eigenvalue weighted by molar-refractivity contribution is 7.10. The van der Waals surface area contributed by atoms with E-state index in [2.05, 4.69) is 64.7 Å². The summed E-state index contributed by atoms with van der Waals surface area (Å²) in [6, 6.07) is 12.5. The Kier molecular flexibility index (Phi) is 6.24. The van der Waals surface area contributed by atoms with Gasteiger partial charge in [-0.05, 0) is 30.5 Å². The number of hydrogen-bond donors (Lipinski definition) is 1. The molecule has 1 aliphatic rings. The van der Waals surface area contributed by atoms with Crippen LogP contribution in [0.15, 0.2) is 41.8 Å². The summed E-state index contributed by atoms with van der Waals surface area (Å²) >= 11 is 1.69. The van der Waals surface area contributed by atoms with Crippen molar-refractivity contribution in [2.45, 2.75) is 19.9 Å². The van der Waals surface area contributed by atoms with Crippen molar-refractivity contribution in [3.8, 4) is 0 Å². The number of carbonyl (C=O) groups is 1. The second-order valence-corrected chi connectivity index (χ2v) is 7.62. The van der Waals surface area contributed by atoms with Crippen molar-refractivity contribution in [2.75, 3.05) is 39.3 Å². The van der Waals surface area contributed by atoms with Gasteiger partial charge >= 0.3 is 0 Å². The number of aryl methyl sites for hydroxylation is 1. The van der Waals surface area contributed by atoms with Crippen LogP contribution in [-0.2, 0) is 4.79 Å². The number of amides is 1. The van der Waals surface area contributed by atoms with Gasteiger partial charge in [-0.3, -0.25) is 9.69 Å². The molecule has 5 heteroatoms. The third-order valence-electron chi connectivity index (χ3n) is 4.82. The predicted molar refractivity (Wildman–Crippen MR) is 104 cm³/mol. The van der Waals surface area contributed by atoms with Gasteiger partial charge in [0.25, 0.3) is 0 Å². The quantitative estimate of drug-likeness (QED) is 0.863. The molecule has 1 atom stereocenters. The minimum Gasteiger partial charge on any atom is -0.343 e. The molecular formula is C20H27N3OS. The Bertz CT molecular complexity index is 661. The van der Waals surface area contributed by atoms with Gasteiger partial charge in [0, 0.05) is 31.1 Å². The molecule has 0 spiro atoms. The summed E-state index contributed by atoms with van der Waals surface area (Å²) in [6.07, 6.45) is 0. The van der Waals surface area contributed by atoms with Crippen molar-refractivity contribution in [3.05, 3.63) is 57.8 Å². The van der Waals surface area contributed by atoms with E-state index in [1.54, 1.807) is 11.3 Å². The smallest absolute Gasteiger partial charge is 0.234 e. The topological polar surface area (TPSA) is 35.6 Å². The number of thiophene rings is 1. The Labute approximate surface area is 154 Å². The molecule has 1 saturated heterocycles. The fourth-order valence-corrected chi connectivity index (χ4v) is 4.01. The third-order valence-corrected chi connectivity index (χ3v) is 5.76. The number of benzene rings is 1. The van der Waals surface area contributed by atoms with Gasteiger partial charge in [-0.15, -0.1) is 11.3 Å². The first-order valence-electron chi connectivity index (χ1n) is 8.99. The Balaban J connectivity index is 1.64. The highest BCUT2D eigenvalue weighted by Crippen LogP contribution is 2.26. The van der Waals surface area contributed by atoms with Crippen LogP contribution in [0.1, 0.15) is 29.0 Å². The molecule has 1 amide bonds. The van der Waals surface area contributed by atoms with Crippen LogP contribution in [0.5, 0.6) is 0 Å². The first kappa shape index (κ1) is 18.1. The molecule has 134 valence electrons. The molecule has 0 radical (unpaired) electrons. The molecule has 2 aromatic rings. The van der Waals surface area contributed by atoms with Gasteiger partial charge in [0.05, 0.1) is 12.6 Å². The Morgan fingerprint density at radius 3 is 2.40 bits per heavy atom. The van der Waals surface area contributed by atoms with Crippen LogP contribution in [0.25, 0.3) is 0 Å². The molecule has 1 unspecified atom stereocenters. The molecule has 3 rings (SSSR count). The van der Waals surface area contributed by atoms with E-state index in [1.807, 2.05) is 6.07 Å². The lowest BCUT2D eigenvalue weighted by molar-refractivity contribution is -0.123. The molecule has 0 bridgehead atoms. The average Bonchev–Trinajstić information content (AvgIpc) is 3.15. The SMILES string of the molecule is CCN1CCN(CC(=O)NC(c2ccc(C)cc2)c2cccs2)CC1. The number of carbonyl (C=O) groups excluding carboxylic acids is 1. The van der Waals surface area contributed by atoms with E-state index in [-0.39, 0.29) is 11.9 Å². The molecule has 25 heavy (non-hydrogen) atoms. The van der Waals surface area contributed by atoms with Crippen LogP contribution in [0.2, 0.25) is 0 Å². The van der Waals surface area contributed by atoms with Crippen LogP contribution in [0.3, 0.4) is 0 Å². The third kappa shape index (κ3) is 4.91. The Morgan fingerprint density at radius 2 is 1.80 bits per heavy atom. The van der Waals surface area contributed by atoms with E-state index in [9.17, 15) is 4.79 Å². The molecule has 1 fully saturated rings. The summed E-state index contributed by atoms with van der Waals surface area (Å²) < 4.78 is 0. The van der Waals surface area contributed by atoms with E-state index < -0.39 is 0 Å². The van der Waals surface area contributed by atoms with E-state index in [0.717, 1.165) is 38.3 Å². The summed E-state index contributed by atoms with van der Waals surface area (Å²) in [6.45, 7) is 9.88. The monoisotopic (exact) mass is 357 g/mol. The maximum Gasteiger partial charge on any atom is 0.234 e. The van der Waals surface area contributed by atoms with Gasteiger partial charge in [0.2, 0.25) is 5.91 Å². The first-order chi connectivity index (χ1) is 12.2. The van der Waals surface area contributed by atoms with Gasteiger partial charge < -0.3 is 10.2 Å². The van der Waals surface area contributed by atoms with Gasteiger partial charge in [0.1, 0.15) is 0 Å². The second-order valence-electron chi connectivity index (χ2n) is 6.64. The molecule has 0 saturated carbocycles. The lowest BCUT2D eigenvalue weighted by Gasteiger charge is -2.33. The zero-order chi connectivity index (χ0) is 17.6. The lowest BCUT2D eigenvalue weighted by Crippen LogP contribution is -2.49. The molecule has 1 aromatic heterocycles. The maximum absolute atomic E-state index is 12.6. The molecule has 4 nitrogen and oxygen atoms in total. The standard InChI is InChI=1S/C20H27N3OS/c1-3-22-10-12-23(13-11-22)15-19(24)21-20(18-5-4-14-25-18)17-8-6-16(2)7-9-17/h4-9,14,20H,3,10-13,15H2,1-2H3,(H,21,24). The molecule has 2 heterocycles. The molecule has 1 aromatic carbocycles. The minimum absolute atomic E-state index is 0.0648. The zero-order valence-corrected chi connectivity index (χ0v) is 15.9. The molecule has 1 N–H and O–H groups in total. The highest BCUT2D eigenvalue weighted by atomic mass is 32.1. The van der Waals surface area contributed by atoms with E-state index in [1.165, 1.54) is 10.4 Å². The van der Waals surface area contributed by atoms with Crippen LogP contribution in [0, 0.1) is 6.92 Å². The van der Waals surface area contributed by atoms with Crippen LogP contribution >= 0.6 is 11.3 Å². The van der Waals surface area contributed by atoms with Crippen molar-refractivity contribution in [1.82, 2.24) is 15.1 Å². The minimum atomic E-state index is -0.0648. The van der Waals surface area contributed by atoms with Gasteiger partial charge in [-0.25, -0.2) is 0 Å². The molecule has 0 aliphatic carbocycles. The van der Waals surface area contributed by atoms with Crippen LogP contribution < -0.4 is 5.32 Å². The molecular weight excluding hydrogens is 330 g/mol. The average molecular weight is 358 g/mol. The highest BCUT2D eigenvalue weighted by Gasteiger charge is 2.21. The van der Waals surface area contributed by atoms with Crippen LogP contribution in [-0.4, -0.2) is 55.0 Å². The Hall–Kier alpha value is -1.69. The number of hydrogen-bond acceptors (Lipinski definition) is 4. The fourth-order valence-electron chi connectivity index (χ4n) is 3.21. The van der Waals surface area contributed by atoms with E-state index >= 15 is 0 Å². The van der Waals surface area contributed by atoms with Gasteiger partial charge in [-0.2, -0.15) is 0 Å². The second kappa shape index (κ2) is 8.61.